The van der Waals surface area contributed by atoms with Gasteiger partial charge in [-0.15, -0.1) is 0 Å². The molecule has 7 heteroatoms. The third kappa shape index (κ3) is 3.17. The van der Waals surface area contributed by atoms with Crippen molar-refractivity contribution in [2.24, 2.45) is 5.41 Å². The molecule has 1 saturated carbocycles. The fourth-order valence-corrected chi connectivity index (χ4v) is 1.94. The van der Waals surface area contributed by atoms with Crippen LogP contribution >= 0.6 is 0 Å². The predicted octanol–water partition coefficient (Wildman–Crippen LogP) is 2.99. The maximum atomic E-state index is 12.6. The summed E-state index contributed by atoms with van der Waals surface area (Å²) in [6, 6.07) is 4.28. The average molecular weight is 301 g/mol. The van der Waals surface area contributed by atoms with Crippen LogP contribution in [0.2, 0.25) is 0 Å². The normalized spacial score (nSPS) is 16.2. The first kappa shape index (κ1) is 15.3. The first-order valence-corrected chi connectivity index (χ1v) is 6.45. The van der Waals surface area contributed by atoms with Gasteiger partial charge in [0.2, 0.25) is 5.91 Å². The van der Waals surface area contributed by atoms with Crippen molar-refractivity contribution in [1.82, 2.24) is 0 Å². The van der Waals surface area contributed by atoms with Gasteiger partial charge >= 0.3 is 12.1 Å². The molecule has 4 nitrogen and oxygen atoms in total. The minimum absolute atomic E-state index is 0.00500. The fourth-order valence-electron chi connectivity index (χ4n) is 1.94. The topological polar surface area (TPSA) is 55.4 Å². The van der Waals surface area contributed by atoms with Gasteiger partial charge in [0.25, 0.3) is 0 Å². The standard InChI is InChI=1S/C14H14F3NO3/c1-2-21-12(20)13(6-7-13)11(19)18-10-5-3-4-9(8-10)14(15,16)17/h3-5,8H,2,6-7H2,1H3,(H,18,19). The van der Waals surface area contributed by atoms with Gasteiger partial charge in [-0.2, -0.15) is 13.2 Å². The molecule has 1 amide bonds. The lowest BCUT2D eigenvalue weighted by atomic mass is 10.1. The summed E-state index contributed by atoms with van der Waals surface area (Å²) in [5, 5.41) is 2.36. The molecule has 2 rings (SSSR count). The molecule has 1 aliphatic carbocycles. The van der Waals surface area contributed by atoms with E-state index in [1.807, 2.05) is 0 Å². The average Bonchev–Trinajstić information content (AvgIpc) is 3.20. The number of hydrogen-bond acceptors (Lipinski definition) is 3. The summed E-state index contributed by atoms with van der Waals surface area (Å²) in [7, 11) is 0. The van der Waals surface area contributed by atoms with Gasteiger partial charge in [-0.3, -0.25) is 9.59 Å². The van der Waals surface area contributed by atoms with E-state index in [2.05, 4.69) is 5.32 Å². The zero-order valence-corrected chi connectivity index (χ0v) is 11.3. The molecule has 0 aliphatic heterocycles. The molecule has 21 heavy (non-hydrogen) atoms. The van der Waals surface area contributed by atoms with E-state index in [1.54, 1.807) is 6.92 Å². The molecular formula is C14H14F3NO3. The lowest BCUT2D eigenvalue weighted by Gasteiger charge is -2.15. The van der Waals surface area contributed by atoms with Crippen LogP contribution in [0.3, 0.4) is 0 Å². The highest BCUT2D eigenvalue weighted by molar-refractivity contribution is 6.11. The van der Waals surface area contributed by atoms with E-state index in [0.717, 1.165) is 12.1 Å². The molecule has 0 aromatic heterocycles. The van der Waals surface area contributed by atoms with Crippen LogP contribution in [0.25, 0.3) is 0 Å². The van der Waals surface area contributed by atoms with Crippen molar-refractivity contribution in [3.63, 3.8) is 0 Å². The van der Waals surface area contributed by atoms with Crippen LogP contribution in [0, 0.1) is 5.41 Å². The van der Waals surface area contributed by atoms with Gasteiger partial charge in [-0.1, -0.05) is 6.07 Å². The van der Waals surface area contributed by atoms with Crippen LogP contribution in [0.4, 0.5) is 18.9 Å². The second-order valence-electron chi connectivity index (χ2n) is 4.84. The van der Waals surface area contributed by atoms with Crippen molar-refractivity contribution in [1.29, 1.82) is 0 Å². The summed E-state index contributed by atoms with van der Waals surface area (Å²) in [6.07, 6.45) is -3.80. The summed E-state index contributed by atoms with van der Waals surface area (Å²) in [5.74, 6) is -1.25. The Morgan fingerprint density at radius 3 is 2.52 bits per heavy atom. The first-order chi connectivity index (χ1) is 9.79. The largest absolute Gasteiger partial charge is 0.465 e. The number of carbonyl (C=O) groups is 2. The van der Waals surface area contributed by atoms with E-state index < -0.39 is 29.0 Å². The Hall–Kier alpha value is -2.05. The molecule has 0 heterocycles. The molecule has 0 radical (unpaired) electrons. The van der Waals surface area contributed by atoms with Gasteiger partial charge in [0, 0.05) is 5.69 Å². The summed E-state index contributed by atoms with van der Waals surface area (Å²) < 4.78 is 42.6. The number of halogens is 3. The Kier molecular flexibility index (Phi) is 3.93. The van der Waals surface area contributed by atoms with Crippen LogP contribution < -0.4 is 5.32 Å². The van der Waals surface area contributed by atoms with Crippen LogP contribution in [-0.4, -0.2) is 18.5 Å². The fraction of sp³-hybridized carbons (Fsp3) is 0.429. The Bertz CT molecular complexity index is 565. The Labute approximate surface area is 119 Å². The molecule has 114 valence electrons. The van der Waals surface area contributed by atoms with Gasteiger partial charge in [0.05, 0.1) is 12.2 Å². The summed E-state index contributed by atoms with van der Waals surface area (Å²) >= 11 is 0. The van der Waals surface area contributed by atoms with Gasteiger partial charge in [-0.25, -0.2) is 0 Å². The van der Waals surface area contributed by atoms with Crippen molar-refractivity contribution in [2.75, 3.05) is 11.9 Å². The number of carbonyl (C=O) groups excluding carboxylic acids is 2. The van der Waals surface area contributed by atoms with E-state index >= 15 is 0 Å². The van der Waals surface area contributed by atoms with Crippen molar-refractivity contribution in [2.45, 2.75) is 25.9 Å². The molecule has 1 N–H and O–H groups in total. The van der Waals surface area contributed by atoms with E-state index in [1.165, 1.54) is 12.1 Å². The van der Waals surface area contributed by atoms with Crippen LogP contribution in [0.5, 0.6) is 0 Å². The zero-order chi connectivity index (χ0) is 15.7. The highest BCUT2D eigenvalue weighted by atomic mass is 19.4. The zero-order valence-electron chi connectivity index (χ0n) is 11.3. The maximum absolute atomic E-state index is 12.6. The molecule has 0 bridgehead atoms. The number of benzene rings is 1. The lowest BCUT2D eigenvalue weighted by molar-refractivity contribution is -0.152. The Morgan fingerprint density at radius 2 is 2.00 bits per heavy atom. The number of rotatable bonds is 4. The molecule has 1 aliphatic rings. The van der Waals surface area contributed by atoms with Crippen LogP contribution in [-0.2, 0) is 20.5 Å². The quantitative estimate of drug-likeness (QED) is 0.687. The molecule has 0 saturated heterocycles. The maximum Gasteiger partial charge on any atom is 0.416 e. The van der Waals surface area contributed by atoms with Crippen molar-refractivity contribution < 1.29 is 27.5 Å². The van der Waals surface area contributed by atoms with E-state index in [9.17, 15) is 22.8 Å². The highest BCUT2D eigenvalue weighted by Crippen LogP contribution is 2.47. The first-order valence-electron chi connectivity index (χ1n) is 6.45. The van der Waals surface area contributed by atoms with Crippen molar-refractivity contribution >= 4 is 17.6 Å². The molecular weight excluding hydrogens is 287 g/mol. The Balaban J connectivity index is 2.12. The summed E-state index contributed by atoms with van der Waals surface area (Å²) in [5.41, 5.74) is -2.10. The smallest absolute Gasteiger partial charge is 0.416 e. The van der Waals surface area contributed by atoms with Gasteiger partial charge < -0.3 is 10.1 Å². The van der Waals surface area contributed by atoms with Crippen LogP contribution in [0.1, 0.15) is 25.3 Å². The highest BCUT2D eigenvalue weighted by Gasteiger charge is 2.58. The molecule has 0 spiro atoms. The lowest BCUT2D eigenvalue weighted by Crippen LogP contribution is -2.33. The molecule has 1 aromatic rings. The SMILES string of the molecule is CCOC(=O)C1(C(=O)Nc2cccc(C(F)(F)F)c2)CC1. The van der Waals surface area contributed by atoms with Gasteiger partial charge in [0.1, 0.15) is 5.41 Å². The number of anilines is 1. The minimum atomic E-state index is -4.49. The van der Waals surface area contributed by atoms with Crippen molar-refractivity contribution in [3.05, 3.63) is 29.8 Å². The third-order valence-electron chi connectivity index (χ3n) is 3.30. The number of nitrogens with one attached hydrogen (secondary N) is 1. The number of alkyl halides is 3. The number of ether oxygens (including phenoxy) is 1. The van der Waals surface area contributed by atoms with Crippen molar-refractivity contribution in [3.8, 4) is 0 Å². The molecule has 0 unspecified atom stereocenters. The van der Waals surface area contributed by atoms with E-state index in [0.29, 0.717) is 12.8 Å². The van der Waals surface area contributed by atoms with E-state index in [4.69, 9.17) is 4.74 Å². The summed E-state index contributed by atoms with van der Waals surface area (Å²) in [4.78, 5) is 23.8. The number of hydrogen-bond donors (Lipinski definition) is 1. The second-order valence-corrected chi connectivity index (χ2v) is 4.84. The number of esters is 1. The monoisotopic (exact) mass is 301 g/mol. The minimum Gasteiger partial charge on any atom is -0.465 e. The molecule has 1 fully saturated rings. The predicted molar refractivity (Wildman–Crippen MR) is 68.4 cm³/mol. The van der Waals surface area contributed by atoms with E-state index in [-0.39, 0.29) is 12.3 Å². The molecule has 1 aromatic carbocycles. The second kappa shape index (κ2) is 5.38. The number of amides is 1. The van der Waals surface area contributed by atoms with Gasteiger partial charge in [-0.05, 0) is 38.0 Å². The third-order valence-corrected chi connectivity index (χ3v) is 3.30. The molecule has 0 atom stereocenters. The Morgan fingerprint density at radius 1 is 1.33 bits per heavy atom. The van der Waals surface area contributed by atoms with Gasteiger partial charge in [0.15, 0.2) is 0 Å². The van der Waals surface area contributed by atoms with Crippen LogP contribution in [0.15, 0.2) is 24.3 Å². The summed E-state index contributed by atoms with van der Waals surface area (Å²) in [6.45, 7) is 1.77.